The summed E-state index contributed by atoms with van der Waals surface area (Å²) in [5.41, 5.74) is 6.64. The molecular weight excluding hydrogens is 202 g/mol. The van der Waals surface area contributed by atoms with Crippen LogP contribution in [0.4, 0.5) is 5.95 Å². The molecule has 5 heteroatoms. The Morgan fingerprint density at radius 3 is 3.19 bits per heavy atom. The fraction of sp³-hybridized carbons (Fsp3) is 0.455. The Bertz CT molecular complexity index is 459. The fourth-order valence-corrected chi connectivity index (χ4v) is 2.29. The molecule has 84 valence electrons. The Kier molecular flexibility index (Phi) is 2.25. The molecule has 2 aromatic rings. The summed E-state index contributed by atoms with van der Waals surface area (Å²) in [6.45, 7) is 1.69. The smallest absolute Gasteiger partial charge is 0.245 e. The molecule has 3 rings (SSSR count). The van der Waals surface area contributed by atoms with Crippen molar-refractivity contribution in [2.24, 2.45) is 5.73 Å². The summed E-state index contributed by atoms with van der Waals surface area (Å²) >= 11 is 0. The van der Waals surface area contributed by atoms with Gasteiger partial charge in [-0.1, -0.05) is 6.07 Å². The van der Waals surface area contributed by atoms with Crippen LogP contribution in [0, 0.1) is 0 Å². The zero-order valence-corrected chi connectivity index (χ0v) is 9.08. The Hall–Kier alpha value is -1.62. The molecule has 2 N–H and O–H groups in total. The first-order chi connectivity index (χ1) is 7.88. The third-order valence-corrected chi connectivity index (χ3v) is 3.14. The second-order valence-electron chi connectivity index (χ2n) is 4.14. The highest BCUT2D eigenvalue weighted by Gasteiger charge is 2.26. The topological polar surface area (TPSA) is 59.5 Å². The maximum absolute atomic E-state index is 5.75. The van der Waals surface area contributed by atoms with Crippen molar-refractivity contribution in [1.82, 2.24) is 14.6 Å². The van der Waals surface area contributed by atoms with Crippen LogP contribution in [0.1, 0.15) is 12.8 Å². The standard InChI is InChI=1S/C11H15N5/c12-8-9-4-3-6-15(9)11-13-10-5-1-2-7-16(10)14-11/h1-2,5,7,9H,3-4,6,8,12H2. The number of pyridine rings is 1. The number of nitrogens with two attached hydrogens (primary N) is 1. The van der Waals surface area contributed by atoms with Crippen LogP contribution < -0.4 is 10.6 Å². The van der Waals surface area contributed by atoms with Gasteiger partial charge in [0.25, 0.3) is 0 Å². The number of aromatic nitrogens is 3. The highest BCUT2D eigenvalue weighted by molar-refractivity contribution is 5.45. The van der Waals surface area contributed by atoms with Crippen LogP contribution in [0.3, 0.4) is 0 Å². The molecule has 0 bridgehead atoms. The Labute approximate surface area is 93.9 Å². The van der Waals surface area contributed by atoms with Crippen molar-refractivity contribution in [2.45, 2.75) is 18.9 Å². The predicted octanol–water partition coefficient (Wildman–Crippen LogP) is 0.657. The van der Waals surface area contributed by atoms with E-state index in [1.54, 1.807) is 4.52 Å². The first-order valence-corrected chi connectivity index (χ1v) is 5.66. The quantitative estimate of drug-likeness (QED) is 0.802. The molecule has 16 heavy (non-hydrogen) atoms. The predicted molar refractivity (Wildman–Crippen MR) is 62.4 cm³/mol. The summed E-state index contributed by atoms with van der Waals surface area (Å²) in [6.07, 6.45) is 4.24. The van der Waals surface area contributed by atoms with Gasteiger partial charge in [-0.3, -0.25) is 0 Å². The van der Waals surface area contributed by atoms with Gasteiger partial charge in [0.2, 0.25) is 5.95 Å². The monoisotopic (exact) mass is 217 g/mol. The van der Waals surface area contributed by atoms with Crippen molar-refractivity contribution in [3.8, 4) is 0 Å². The number of anilines is 1. The van der Waals surface area contributed by atoms with E-state index in [0.29, 0.717) is 12.6 Å². The van der Waals surface area contributed by atoms with Gasteiger partial charge in [-0.05, 0) is 25.0 Å². The fourth-order valence-electron chi connectivity index (χ4n) is 2.29. The van der Waals surface area contributed by atoms with Gasteiger partial charge in [-0.15, -0.1) is 5.10 Å². The lowest BCUT2D eigenvalue weighted by Gasteiger charge is -2.21. The molecule has 0 radical (unpaired) electrons. The molecule has 3 heterocycles. The van der Waals surface area contributed by atoms with Gasteiger partial charge in [0, 0.05) is 25.3 Å². The zero-order valence-electron chi connectivity index (χ0n) is 9.08. The van der Waals surface area contributed by atoms with E-state index in [1.807, 2.05) is 24.4 Å². The number of hydrogen-bond donors (Lipinski definition) is 1. The van der Waals surface area contributed by atoms with E-state index in [4.69, 9.17) is 5.73 Å². The molecule has 0 spiro atoms. The lowest BCUT2D eigenvalue weighted by molar-refractivity contribution is 0.664. The van der Waals surface area contributed by atoms with Crippen molar-refractivity contribution in [3.05, 3.63) is 24.4 Å². The van der Waals surface area contributed by atoms with E-state index in [2.05, 4.69) is 15.0 Å². The van der Waals surface area contributed by atoms with E-state index in [-0.39, 0.29) is 0 Å². The molecular formula is C11H15N5. The van der Waals surface area contributed by atoms with Crippen molar-refractivity contribution in [3.63, 3.8) is 0 Å². The van der Waals surface area contributed by atoms with Crippen molar-refractivity contribution in [2.75, 3.05) is 18.0 Å². The minimum absolute atomic E-state index is 0.400. The maximum atomic E-state index is 5.75. The number of hydrogen-bond acceptors (Lipinski definition) is 4. The second kappa shape index (κ2) is 3.75. The number of nitrogens with zero attached hydrogens (tertiary/aromatic N) is 4. The third-order valence-electron chi connectivity index (χ3n) is 3.14. The SMILES string of the molecule is NCC1CCCN1c1nc2ccccn2n1. The molecule has 5 nitrogen and oxygen atoms in total. The molecule has 1 atom stereocenters. The number of fused-ring (bicyclic) bond motifs is 1. The van der Waals surface area contributed by atoms with Gasteiger partial charge in [0.15, 0.2) is 5.65 Å². The largest absolute Gasteiger partial charge is 0.335 e. The van der Waals surface area contributed by atoms with Crippen molar-refractivity contribution < 1.29 is 0 Å². The van der Waals surface area contributed by atoms with Gasteiger partial charge in [0.05, 0.1) is 0 Å². The Morgan fingerprint density at radius 1 is 1.44 bits per heavy atom. The minimum atomic E-state index is 0.400. The van der Waals surface area contributed by atoms with Crippen LogP contribution in [0.15, 0.2) is 24.4 Å². The van der Waals surface area contributed by atoms with Crippen LogP contribution in [-0.2, 0) is 0 Å². The third kappa shape index (κ3) is 1.44. The van der Waals surface area contributed by atoms with Crippen LogP contribution in [0.25, 0.3) is 5.65 Å². The highest BCUT2D eigenvalue weighted by atomic mass is 15.4. The summed E-state index contributed by atoms with van der Waals surface area (Å²) in [7, 11) is 0. The lowest BCUT2D eigenvalue weighted by atomic mass is 10.2. The molecule has 0 aromatic carbocycles. The van der Waals surface area contributed by atoms with Crippen molar-refractivity contribution >= 4 is 11.6 Å². The van der Waals surface area contributed by atoms with E-state index in [1.165, 1.54) is 6.42 Å². The molecule has 0 saturated carbocycles. The van der Waals surface area contributed by atoms with Gasteiger partial charge in [-0.2, -0.15) is 4.98 Å². The molecule has 0 amide bonds. The first kappa shape index (κ1) is 9.59. The number of rotatable bonds is 2. The van der Waals surface area contributed by atoms with Gasteiger partial charge in [0.1, 0.15) is 0 Å². The van der Waals surface area contributed by atoms with Crippen LogP contribution in [0.2, 0.25) is 0 Å². The van der Waals surface area contributed by atoms with E-state index < -0.39 is 0 Å². The molecule has 1 aliphatic heterocycles. The van der Waals surface area contributed by atoms with Gasteiger partial charge >= 0.3 is 0 Å². The summed E-state index contributed by atoms with van der Waals surface area (Å²) < 4.78 is 1.81. The molecule has 1 fully saturated rings. The molecule has 1 aliphatic rings. The lowest BCUT2D eigenvalue weighted by Crippen LogP contribution is -2.36. The second-order valence-corrected chi connectivity index (χ2v) is 4.14. The summed E-state index contributed by atoms with van der Waals surface area (Å²) in [5, 5.41) is 4.47. The first-order valence-electron chi connectivity index (χ1n) is 5.66. The minimum Gasteiger partial charge on any atom is -0.335 e. The Balaban J connectivity index is 1.99. The maximum Gasteiger partial charge on any atom is 0.245 e. The van der Waals surface area contributed by atoms with Crippen LogP contribution in [0.5, 0.6) is 0 Å². The van der Waals surface area contributed by atoms with Gasteiger partial charge < -0.3 is 10.6 Å². The summed E-state index contributed by atoms with van der Waals surface area (Å²) in [6, 6.07) is 6.29. The normalized spacial score (nSPS) is 20.8. The molecule has 1 unspecified atom stereocenters. The Morgan fingerprint density at radius 2 is 2.38 bits per heavy atom. The molecule has 0 aliphatic carbocycles. The molecule has 1 saturated heterocycles. The summed E-state index contributed by atoms with van der Waals surface area (Å²) in [5.74, 6) is 0.805. The van der Waals surface area contributed by atoms with E-state index in [0.717, 1.165) is 24.6 Å². The zero-order chi connectivity index (χ0) is 11.0. The average Bonchev–Trinajstić information content (AvgIpc) is 2.94. The van der Waals surface area contributed by atoms with E-state index in [9.17, 15) is 0 Å². The van der Waals surface area contributed by atoms with E-state index >= 15 is 0 Å². The van der Waals surface area contributed by atoms with Crippen LogP contribution in [-0.4, -0.2) is 33.7 Å². The van der Waals surface area contributed by atoms with Gasteiger partial charge in [-0.25, -0.2) is 4.52 Å². The molecule has 2 aromatic heterocycles. The highest BCUT2D eigenvalue weighted by Crippen LogP contribution is 2.22. The average molecular weight is 217 g/mol. The summed E-state index contributed by atoms with van der Waals surface area (Å²) in [4.78, 5) is 6.73. The van der Waals surface area contributed by atoms with Crippen LogP contribution >= 0.6 is 0 Å². The van der Waals surface area contributed by atoms with Crippen molar-refractivity contribution in [1.29, 1.82) is 0 Å².